The molecule has 1 amide bonds. The summed E-state index contributed by atoms with van der Waals surface area (Å²) in [6.07, 6.45) is 0.677. The van der Waals surface area contributed by atoms with E-state index in [9.17, 15) is 19.5 Å². The van der Waals surface area contributed by atoms with Crippen LogP contribution in [0.25, 0.3) is 16.0 Å². The zero-order chi connectivity index (χ0) is 28.6. The number of aliphatic hydroxyl groups excluding tert-OH is 1. The fourth-order valence-corrected chi connectivity index (χ4v) is 6.48. The van der Waals surface area contributed by atoms with Gasteiger partial charge in [0.15, 0.2) is 10.7 Å². The number of ether oxygens (including phenoxy) is 1. The first-order valence-electron chi connectivity index (χ1n) is 13.4. The number of Topliss-reactive ketones (excluding diaryl/α,β-unsaturated/α-hetero) is 1. The highest BCUT2D eigenvalue weighted by Crippen LogP contribution is 2.41. The van der Waals surface area contributed by atoms with Crippen LogP contribution in [0.2, 0.25) is 0 Å². The van der Waals surface area contributed by atoms with E-state index < -0.39 is 29.5 Å². The van der Waals surface area contributed by atoms with Crippen molar-refractivity contribution < 1.29 is 24.2 Å². The van der Waals surface area contributed by atoms with E-state index in [0.29, 0.717) is 39.6 Å². The highest BCUT2D eigenvalue weighted by molar-refractivity contribution is 7.19. The molecular formula is C30H32N4O5S. The number of hydrogen-bond acceptors (Lipinski definition) is 8. The van der Waals surface area contributed by atoms with Crippen molar-refractivity contribution >= 4 is 45.0 Å². The Kier molecular flexibility index (Phi) is 7.73. The van der Waals surface area contributed by atoms with E-state index in [1.807, 2.05) is 35.6 Å². The normalized spacial score (nSPS) is 15.7. The van der Waals surface area contributed by atoms with E-state index in [4.69, 9.17) is 4.74 Å². The number of hydrogen-bond donors (Lipinski definition) is 1. The van der Waals surface area contributed by atoms with Gasteiger partial charge in [0.05, 0.1) is 40.2 Å². The summed E-state index contributed by atoms with van der Waals surface area (Å²) < 4.78 is 6.75. The van der Waals surface area contributed by atoms with Crippen LogP contribution in [0.1, 0.15) is 57.6 Å². The Balaban J connectivity index is 1.55. The maximum absolute atomic E-state index is 14.1. The Hall–Kier alpha value is -4.02. The number of para-hydroxylation sites is 2. The summed E-state index contributed by atoms with van der Waals surface area (Å²) >= 11 is 1.24. The molecule has 3 heterocycles. The van der Waals surface area contributed by atoms with Crippen molar-refractivity contribution in [1.29, 1.82) is 0 Å². The van der Waals surface area contributed by atoms with Gasteiger partial charge >= 0.3 is 5.97 Å². The summed E-state index contributed by atoms with van der Waals surface area (Å²) in [5, 5.41) is 11.1. The lowest BCUT2D eigenvalue weighted by atomic mass is 9.94. The van der Waals surface area contributed by atoms with E-state index >= 15 is 0 Å². The number of nitrogens with zero attached hydrogens (tertiary/aromatic N) is 4. The molecule has 0 saturated carbocycles. The molecule has 208 valence electrons. The lowest BCUT2D eigenvalue weighted by Crippen LogP contribution is -2.34. The minimum absolute atomic E-state index is 0.0376. The van der Waals surface area contributed by atoms with Crippen LogP contribution in [0, 0.1) is 6.92 Å². The molecule has 2 aromatic carbocycles. The van der Waals surface area contributed by atoms with Crippen molar-refractivity contribution in [2.45, 2.75) is 33.2 Å². The molecule has 5 rings (SSSR count). The Morgan fingerprint density at radius 1 is 1.10 bits per heavy atom. The molecule has 1 aliphatic heterocycles. The smallest absolute Gasteiger partial charge is 0.337 e. The van der Waals surface area contributed by atoms with E-state index in [2.05, 4.69) is 23.7 Å². The lowest BCUT2D eigenvalue weighted by Gasteiger charge is -2.28. The average molecular weight is 561 g/mol. The van der Waals surface area contributed by atoms with Crippen molar-refractivity contribution in [3.05, 3.63) is 81.6 Å². The molecule has 1 N–H and O–H groups in total. The molecule has 1 aliphatic rings. The van der Waals surface area contributed by atoms with Gasteiger partial charge in [-0.05, 0) is 62.8 Å². The zero-order valence-electron chi connectivity index (χ0n) is 23.0. The number of methoxy groups -OCH3 is 1. The molecule has 1 unspecified atom stereocenters. The summed E-state index contributed by atoms with van der Waals surface area (Å²) in [5.74, 6) is -2.00. The van der Waals surface area contributed by atoms with Crippen molar-refractivity contribution in [3.63, 3.8) is 0 Å². The minimum Gasteiger partial charge on any atom is -0.503 e. The first-order chi connectivity index (χ1) is 19.3. The molecule has 0 fully saturated rings. The summed E-state index contributed by atoms with van der Waals surface area (Å²) in [6, 6.07) is 13.5. The minimum atomic E-state index is -0.797. The Morgan fingerprint density at radius 3 is 2.48 bits per heavy atom. The second-order valence-corrected chi connectivity index (χ2v) is 10.7. The van der Waals surface area contributed by atoms with Crippen LogP contribution in [0.15, 0.2) is 59.9 Å². The van der Waals surface area contributed by atoms with E-state index in [0.717, 1.165) is 30.7 Å². The van der Waals surface area contributed by atoms with Crippen LogP contribution in [0.4, 0.5) is 0 Å². The topological polar surface area (TPSA) is 104 Å². The predicted molar refractivity (Wildman–Crippen MR) is 154 cm³/mol. The molecule has 0 spiro atoms. The third-order valence-corrected chi connectivity index (χ3v) is 8.70. The molecule has 0 saturated heterocycles. The van der Waals surface area contributed by atoms with Crippen LogP contribution < -0.4 is 0 Å². The number of fused-ring (bicyclic) bond motifs is 3. The van der Waals surface area contributed by atoms with Gasteiger partial charge in [0, 0.05) is 12.2 Å². The van der Waals surface area contributed by atoms with Crippen molar-refractivity contribution in [3.8, 4) is 0 Å². The number of aliphatic hydroxyl groups is 1. The highest BCUT2D eigenvalue weighted by atomic mass is 32.1. The number of rotatable bonds is 10. The third kappa shape index (κ3) is 4.67. The van der Waals surface area contributed by atoms with Gasteiger partial charge in [-0.3, -0.25) is 14.0 Å². The van der Waals surface area contributed by atoms with E-state index in [-0.39, 0.29) is 5.57 Å². The number of esters is 1. The number of ketones is 1. The number of carbonyl (C=O) groups excluding carboxylic acids is 3. The summed E-state index contributed by atoms with van der Waals surface area (Å²) in [7, 11) is 1.31. The van der Waals surface area contributed by atoms with Gasteiger partial charge in [-0.25, -0.2) is 9.78 Å². The molecule has 0 bridgehead atoms. The summed E-state index contributed by atoms with van der Waals surface area (Å²) in [4.78, 5) is 49.2. The molecule has 0 aliphatic carbocycles. The molecule has 4 aromatic rings. The van der Waals surface area contributed by atoms with E-state index in [1.54, 1.807) is 29.2 Å². The SMILES string of the molecule is CCN(CC)CCCN1C(=O)C(O)=C(C(=O)c2sc3nc4ccccc4n3c2C)C1c1ccc(C(=O)OC)cc1. The standard InChI is InChI=1S/C30H32N4O5S/c1-5-32(6-2)16-9-17-33-24(19-12-14-20(15-13-19)29(38)39-4)23(26(36)28(33)37)25(35)27-18(3)34-22-11-8-7-10-21(22)31-30(34)40-27/h7-8,10-15,24,36H,5-6,9,16-17H2,1-4H3. The molecule has 9 nitrogen and oxygen atoms in total. The van der Waals surface area contributed by atoms with E-state index in [1.165, 1.54) is 18.4 Å². The summed E-state index contributed by atoms with van der Waals surface area (Å²) in [6.45, 7) is 8.95. The van der Waals surface area contributed by atoms with Gasteiger partial charge in [-0.15, -0.1) is 0 Å². The second-order valence-electron chi connectivity index (χ2n) is 9.72. The number of aryl methyl sites for hydroxylation is 1. The maximum Gasteiger partial charge on any atom is 0.337 e. The fraction of sp³-hybridized carbons (Fsp3) is 0.333. The number of thiazole rings is 1. The molecule has 1 atom stereocenters. The molecule has 2 aromatic heterocycles. The van der Waals surface area contributed by atoms with Crippen molar-refractivity contribution in [2.24, 2.45) is 0 Å². The average Bonchev–Trinajstić information content (AvgIpc) is 3.59. The van der Waals surface area contributed by atoms with Crippen LogP contribution in [0.3, 0.4) is 0 Å². The number of imidazole rings is 1. The molecular weight excluding hydrogens is 528 g/mol. The molecule has 0 radical (unpaired) electrons. The van der Waals surface area contributed by atoms with Gasteiger partial charge in [0.2, 0.25) is 5.78 Å². The number of aromatic nitrogens is 2. The van der Waals surface area contributed by atoms with Crippen molar-refractivity contribution in [2.75, 3.05) is 33.3 Å². The highest BCUT2D eigenvalue weighted by Gasteiger charge is 2.44. The Labute approximate surface area is 236 Å². The largest absolute Gasteiger partial charge is 0.503 e. The molecule has 40 heavy (non-hydrogen) atoms. The fourth-order valence-electron chi connectivity index (χ4n) is 5.38. The predicted octanol–water partition coefficient (Wildman–Crippen LogP) is 4.95. The van der Waals surface area contributed by atoms with Gasteiger partial charge in [-0.1, -0.05) is 49.4 Å². The van der Waals surface area contributed by atoms with Gasteiger partial charge < -0.3 is 19.6 Å². The van der Waals surface area contributed by atoms with Crippen LogP contribution in [0.5, 0.6) is 0 Å². The number of benzene rings is 2. The Bertz CT molecular complexity index is 1630. The quantitative estimate of drug-likeness (QED) is 0.216. The zero-order valence-corrected chi connectivity index (χ0v) is 23.8. The van der Waals surface area contributed by atoms with Gasteiger partial charge in [-0.2, -0.15) is 0 Å². The van der Waals surface area contributed by atoms with Gasteiger partial charge in [0.25, 0.3) is 5.91 Å². The van der Waals surface area contributed by atoms with Crippen LogP contribution >= 0.6 is 11.3 Å². The van der Waals surface area contributed by atoms with Crippen LogP contribution in [-0.2, 0) is 9.53 Å². The Morgan fingerprint density at radius 2 is 1.80 bits per heavy atom. The third-order valence-electron chi connectivity index (χ3n) is 7.56. The maximum atomic E-state index is 14.1. The monoisotopic (exact) mass is 560 g/mol. The second kappa shape index (κ2) is 11.2. The van der Waals surface area contributed by atoms with Gasteiger partial charge in [0.1, 0.15) is 0 Å². The summed E-state index contributed by atoms with van der Waals surface area (Å²) in [5.41, 5.74) is 3.44. The lowest BCUT2D eigenvalue weighted by molar-refractivity contribution is -0.129. The number of carbonyl (C=O) groups is 3. The number of amides is 1. The molecule has 10 heteroatoms. The van der Waals surface area contributed by atoms with Crippen LogP contribution in [-0.4, -0.2) is 75.2 Å². The first kappa shape index (κ1) is 27.5. The van der Waals surface area contributed by atoms with Crippen molar-refractivity contribution in [1.82, 2.24) is 19.2 Å². The first-order valence-corrected chi connectivity index (χ1v) is 14.2.